The van der Waals surface area contributed by atoms with E-state index in [4.69, 9.17) is 4.74 Å². The van der Waals surface area contributed by atoms with Crippen LogP contribution in [0.2, 0.25) is 0 Å². The van der Waals surface area contributed by atoms with Gasteiger partial charge in [0.2, 0.25) is 0 Å². The van der Waals surface area contributed by atoms with Gasteiger partial charge in [-0.25, -0.2) is 0 Å². The molecular weight excluding hydrogens is 300 g/mol. The molecule has 0 aliphatic heterocycles. The van der Waals surface area contributed by atoms with E-state index in [0.717, 1.165) is 51.6 Å². The first kappa shape index (κ1) is 20.5. The molecule has 24 heavy (non-hydrogen) atoms. The summed E-state index contributed by atoms with van der Waals surface area (Å²) in [5.74, 6) is 0.901. The average molecular weight is 335 g/mol. The number of likely N-dealkylation sites (N-methyl/N-ethyl adjacent to an activating group) is 1. The molecule has 0 saturated heterocycles. The topological polar surface area (TPSA) is 48.9 Å². The van der Waals surface area contributed by atoms with Crippen molar-refractivity contribution in [2.24, 2.45) is 4.99 Å². The summed E-state index contributed by atoms with van der Waals surface area (Å²) in [7, 11) is 3.83. The zero-order valence-electron chi connectivity index (χ0n) is 15.7. The lowest BCUT2D eigenvalue weighted by Gasteiger charge is -2.19. The van der Waals surface area contributed by atoms with Crippen LogP contribution in [-0.4, -0.2) is 63.8 Å². The lowest BCUT2D eigenvalue weighted by Crippen LogP contribution is -2.42. The van der Waals surface area contributed by atoms with Gasteiger partial charge in [0.1, 0.15) is 0 Å². The minimum absolute atomic E-state index is 0.384. The van der Waals surface area contributed by atoms with Crippen molar-refractivity contribution in [1.82, 2.24) is 15.5 Å². The molecule has 0 fully saturated rings. The van der Waals surface area contributed by atoms with Crippen LogP contribution in [0.25, 0.3) is 0 Å². The Bertz CT molecular complexity index is 450. The van der Waals surface area contributed by atoms with E-state index in [1.807, 2.05) is 0 Å². The molecule has 0 heterocycles. The smallest absolute Gasteiger partial charge is 0.191 e. The van der Waals surface area contributed by atoms with Crippen LogP contribution in [0.3, 0.4) is 0 Å². The van der Waals surface area contributed by atoms with E-state index >= 15 is 0 Å². The number of hydrogen-bond donors (Lipinski definition) is 2. The molecule has 136 valence electrons. The summed E-state index contributed by atoms with van der Waals surface area (Å²) in [4.78, 5) is 6.90. The predicted octanol–water partition coefficient (Wildman–Crippen LogP) is 2.14. The maximum Gasteiger partial charge on any atom is 0.191 e. The number of aryl methyl sites for hydroxylation is 1. The Labute approximate surface area is 147 Å². The highest BCUT2D eigenvalue weighted by Crippen LogP contribution is 2.04. The van der Waals surface area contributed by atoms with Crippen molar-refractivity contribution in [3.05, 3.63) is 35.9 Å². The van der Waals surface area contributed by atoms with E-state index in [1.165, 1.54) is 5.56 Å². The molecule has 1 atom stereocenters. The number of guanidine groups is 1. The lowest BCUT2D eigenvalue weighted by atomic mass is 10.1. The predicted molar refractivity (Wildman–Crippen MR) is 103 cm³/mol. The number of aliphatic imine (C=N–C) groups is 1. The Kier molecular flexibility index (Phi) is 10.9. The summed E-state index contributed by atoms with van der Waals surface area (Å²) in [6, 6.07) is 11.0. The Balaban J connectivity index is 2.36. The number of hydrogen-bond acceptors (Lipinski definition) is 3. The van der Waals surface area contributed by atoms with E-state index in [9.17, 15) is 0 Å². The van der Waals surface area contributed by atoms with Crippen molar-refractivity contribution in [3.63, 3.8) is 0 Å². The molecule has 0 bridgehead atoms. The molecule has 0 radical (unpaired) electrons. The van der Waals surface area contributed by atoms with Crippen LogP contribution in [0.4, 0.5) is 0 Å². The number of ether oxygens (including phenoxy) is 1. The normalized spacial score (nSPS) is 13.1. The van der Waals surface area contributed by atoms with Crippen LogP contribution in [0.15, 0.2) is 35.3 Å². The van der Waals surface area contributed by atoms with E-state index < -0.39 is 0 Å². The van der Waals surface area contributed by atoms with Crippen molar-refractivity contribution in [3.8, 4) is 0 Å². The number of methoxy groups -OCH3 is 1. The Hall–Kier alpha value is -1.59. The van der Waals surface area contributed by atoms with Crippen molar-refractivity contribution in [1.29, 1.82) is 0 Å². The second kappa shape index (κ2) is 12.8. The van der Waals surface area contributed by atoms with Crippen molar-refractivity contribution < 1.29 is 4.74 Å². The lowest BCUT2D eigenvalue weighted by molar-refractivity contribution is 0.163. The zero-order chi connectivity index (χ0) is 17.6. The quantitative estimate of drug-likeness (QED) is 0.481. The largest absolute Gasteiger partial charge is 0.383 e. The standard InChI is InChI=1S/C19H34N4O/c1-5-20-19(21-13-14-23(3)15-16-24-4)22-17(2)11-12-18-9-7-6-8-10-18/h6-10,17H,5,11-16H2,1-4H3,(H2,20,21,22). The molecule has 5 heteroatoms. The van der Waals surface area contributed by atoms with Crippen LogP contribution in [0.1, 0.15) is 25.8 Å². The summed E-state index contributed by atoms with van der Waals surface area (Å²) in [6.07, 6.45) is 2.16. The van der Waals surface area contributed by atoms with Crippen LogP contribution in [0.5, 0.6) is 0 Å². The molecule has 0 aliphatic carbocycles. The molecule has 1 unspecified atom stereocenters. The monoisotopic (exact) mass is 334 g/mol. The fourth-order valence-electron chi connectivity index (χ4n) is 2.34. The van der Waals surface area contributed by atoms with Gasteiger partial charge >= 0.3 is 0 Å². The van der Waals surface area contributed by atoms with Crippen molar-refractivity contribution in [2.75, 3.05) is 46.9 Å². The van der Waals surface area contributed by atoms with Gasteiger partial charge in [0.25, 0.3) is 0 Å². The minimum Gasteiger partial charge on any atom is -0.383 e. The Morgan fingerprint density at radius 1 is 1.25 bits per heavy atom. The summed E-state index contributed by atoms with van der Waals surface area (Å²) in [6.45, 7) is 8.58. The van der Waals surface area contributed by atoms with Crippen LogP contribution >= 0.6 is 0 Å². The van der Waals surface area contributed by atoms with E-state index in [0.29, 0.717) is 6.04 Å². The molecule has 1 aromatic carbocycles. The third-order valence-corrected chi connectivity index (χ3v) is 3.86. The van der Waals surface area contributed by atoms with Gasteiger partial charge in [0.05, 0.1) is 13.2 Å². The average Bonchev–Trinajstić information content (AvgIpc) is 2.59. The number of benzene rings is 1. The third kappa shape index (κ3) is 9.53. The van der Waals surface area contributed by atoms with Gasteiger partial charge in [-0.1, -0.05) is 30.3 Å². The van der Waals surface area contributed by atoms with Gasteiger partial charge in [0.15, 0.2) is 5.96 Å². The summed E-state index contributed by atoms with van der Waals surface area (Å²) >= 11 is 0. The molecule has 1 aromatic rings. The highest BCUT2D eigenvalue weighted by molar-refractivity contribution is 5.80. The van der Waals surface area contributed by atoms with Crippen LogP contribution < -0.4 is 10.6 Å². The maximum absolute atomic E-state index is 5.09. The van der Waals surface area contributed by atoms with E-state index in [-0.39, 0.29) is 0 Å². The van der Waals surface area contributed by atoms with Crippen LogP contribution in [0, 0.1) is 0 Å². The number of nitrogens with one attached hydrogen (secondary N) is 2. The molecule has 2 N–H and O–H groups in total. The van der Waals surface area contributed by atoms with Crippen molar-refractivity contribution >= 4 is 5.96 Å². The molecule has 5 nitrogen and oxygen atoms in total. The van der Waals surface area contributed by atoms with Gasteiger partial charge in [0, 0.05) is 32.8 Å². The highest BCUT2D eigenvalue weighted by atomic mass is 16.5. The molecule has 0 amide bonds. The van der Waals surface area contributed by atoms with Gasteiger partial charge in [-0.05, 0) is 39.3 Å². The molecule has 0 aliphatic rings. The molecule has 0 spiro atoms. The first-order valence-electron chi connectivity index (χ1n) is 8.92. The molecular formula is C19H34N4O. The fraction of sp³-hybridized carbons (Fsp3) is 0.632. The number of nitrogens with zero attached hydrogens (tertiary/aromatic N) is 2. The summed E-state index contributed by atoms with van der Waals surface area (Å²) in [5.41, 5.74) is 1.38. The van der Waals surface area contributed by atoms with Crippen molar-refractivity contribution in [2.45, 2.75) is 32.7 Å². The minimum atomic E-state index is 0.384. The van der Waals surface area contributed by atoms with Gasteiger partial charge < -0.3 is 20.3 Å². The first-order valence-corrected chi connectivity index (χ1v) is 8.92. The molecule has 1 rings (SSSR count). The van der Waals surface area contributed by atoms with Gasteiger partial charge in [-0.3, -0.25) is 4.99 Å². The summed E-state index contributed by atoms with van der Waals surface area (Å²) in [5, 5.41) is 6.83. The fourth-order valence-corrected chi connectivity index (χ4v) is 2.34. The van der Waals surface area contributed by atoms with Gasteiger partial charge in [-0.15, -0.1) is 0 Å². The van der Waals surface area contributed by atoms with E-state index in [2.05, 4.69) is 71.8 Å². The van der Waals surface area contributed by atoms with Gasteiger partial charge in [-0.2, -0.15) is 0 Å². The second-order valence-corrected chi connectivity index (χ2v) is 6.13. The SMILES string of the molecule is CCNC(=NCCN(C)CCOC)NC(C)CCc1ccccc1. The third-order valence-electron chi connectivity index (χ3n) is 3.86. The molecule has 0 saturated carbocycles. The first-order chi connectivity index (χ1) is 11.7. The Morgan fingerprint density at radius 2 is 2.00 bits per heavy atom. The van der Waals surface area contributed by atoms with E-state index in [1.54, 1.807) is 7.11 Å². The maximum atomic E-state index is 5.09. The van der Waals surface area contributed by atoms with Crippen LogP contribution in [-0.2, 0) is 11.2 Å². The number of rotatable bonds is 11. The second-order valence-electron chi connectivity index (χ2n) is 6.13. The Morgan fingerprint density at radius 3 is 2.67 bits per heavy atom. The molecule has 0 aromatic heterocycles. The zero-order valence-corrected chi connectivity index (χ0v) is 15.7. The summed E-state index contributed by atoms with van der Waals surface area (Å²) < 4.78 is 5.09. The highest BCUT2D eigenvalue weighted by Gasteiger charge is 2.06.